The van der Waals surface area contributed by atoms with Gasteiger partial charge in [0.2, 0.25) is 0 Å². The highest BCUT2D eigenvalue weighted by molar-refractivity contribution is 7.13. The second-order valence-corrected chi connectivity index (χ2v) is 8.01. The van der Waals surface area contributed by atoms with E-state index in [1.54, 1.807) is 17.5 Å². The van der Waals surface area contributed by atoms with Gasteiger partial charge in [-0.1, -0.05) is 23.7 Å². The van der Waals surface area contributed by atoms with Gasteiger partial charge < -0.3 is 4.74 Å². The third kappa shape index (κ3) is 3.30. The van der Waals surface area contributed by atoms with Gasteiger partial charge in [0.25, 0.3) is 0 Å². The number of halogens is 1. The number of rotatable bonds is 4. The summed E-state index contributed by atoms with van der Waals surface area (Å²) in [6.45, 7) is 0.740. The lowest BCUT2D eigenvalue weighted by atomic mass is 10.2. The number of imidazole rings is 1. The van der Waals surface area contributed by atoms with Crippen molar-refractivity contribution < 1.29 is 4.74 Å². The molecule has 1 aliphatic rings. The van der Waals surface area contributed by atoms with Crippen LogP contribution in [0.25, 0.3) is 21.9 Å². The summed E-state index contributed by atoms with van der Waals surface area (Å²) in [5.74, 6) is 1.47. The van der Waals surface area contributed by atoms with Crippen molar-refractivity contribution in [3.8, 4) is 10.7 Å². The van der Waals surface area contributed by atoms with Crippen molar-refractivity contribution in [3.63, 3.8) is 0 Å². The fraction of sp³-hybridized carbons (Fsp3) is 0.300. The summed E-state index contributed by atoms with van der Waals surface area (Å²) >= 11 is 8.12. The molecular weight excluding hydrogens is 394 g/mol. The van der Waals surface area contributed by atoms with Crippen molar-refractivity contribution >= 4 is 34.1 Å². The van der Waals surface area contributed by atoms with Gasteiger partial charge in [-0.2, -0.15) is 0 Å². The summed E-state index contributed by atoms with van der Waals surface area (Å²) in [7, 11) is 0. The molecule has 8 heteroatoms. The summed E-state index contributed by atoms with van der Waals surface area (Å²) in [5.41, 5.74) is 2.28. The van der Waals surface area contributed by atoms with Gasteiger partial charge in [0.1, 0.15) is 17.6 Å². The van der Waals surface area contributed by atoms with Gasteiger partial charge in [0, 0.05) is 24.9 Å². The van der Waals surface area contributed by atoms with Crippen LogP contribution >= 0.6 is 22.9 Å². The number of ether oxygens (including phenoxy) is 1. The molecule has 0 bridgehead atoms. The number of thiophene rings is 1. The van der Waals surface area contributed by atoms with Gasteiger partial charge in [0.05, 0.1) is 4.88 Å². The molecule has 1 fully saturated rings. The van der Waals surface area contributed by atoms with Gasteiger partial charge in [-0.25, -0.2) is 15.0 Å². The Morgan fingerprint density at radius 3 is 2.86 bits per heavy atom. The third-order valence-electron chi connectivity index (χ3n) is 4.82. The number of aromatic nitrogens is 5. The van der Waals surface area contributed by atoms with Crippen molar-refractivity contribution in [3.05, 3.63) is 58.6 Å². The van der Waals surface area contributed by atoms with Gasteiger partial charge in [0.15, 0.2) is 16.6 Å². The fourth-order valence-electron chi connectivity index (χ4n) is 3.52. The quantitative estimate of drug-likeness (QED) is 0.447. The average molecular weight is 412 g/mol. The molecule has 0 spiro atoms. The highest BCUT2D eigenvalue weighted by Gasteiger charge is 2.25. The maximum absolute atomic E-state index is 6.53. The van der Waals surface area contributed by atoms with Crippen molar-refractivity contribution in [2.75, 3.05) is 6.61 Å². The topological polar surface area (TPSA) is 65.7 Å². The molecule has 1 saturated heterocycles. The summed E-state index contributed by atoms with van der Waals surface area (Å²) in [4.78, 5) is 19.5. The van der Waals surface area contributed by atoms with E-state index in [2.05, 4.69) is 14.5 Å². The van der Waals surface area contributed by atoms with Crippen molar-refractivity contribution in [1.29, 1.82) is 0 Å². The summed E-state index contributed by atoms with van der Waals surface area (Å²) in [6.07, 6.45) is 5.40. The van der Waals surface area contributed by atoms with E-state index < -0.39 is 0 Å². The molecule has 0 amide bonds. The maximum Gasteiger partial charge on any atom is 0.173 e. The second kappa shape index (κ2) is 7.58. The van der Waals surface area contributed by atoms with Crippen molar-refractivity contribution in [2.24, 2.45) is 0 Å². The predicted octanol–water partition coefficient (Wildman–Crippen LogP) is 4.89. The van der Waals surface area contributed by atoms with Gasteiger partial charge in [-0.15, -0.1) is 11.3 Å². The van der Waals surface area contributed by atoms with Gasteiger partial charge in [-0.3, -0.25) is 9.55 Å². The first-order valence-corrected chi connectivity index (χ1v) is 10.5. The molecule has 4 aromatic rings. The molecule has 1 unspecified atom stereocenters. The van der Waals surface area contributed by atoms with Crippen LogP contribution in [0.1, 0.15) is 37.0 Å². The van der Waals surface area contributed by atoms with Crippen LogP contribution in [0.15, 0.2) is 41.9 Å². The Morgan fingerprint density at radius 2 is 2.11 bits per heavy atom. The van der Waals surface area contributed by atoms with Crippen molar-refractivity contribution in [1.82, 2.24) is 24.5 Å². The van der Waals surface area contributed by atoms with Gasteiger partial charge >= 0.3 is 0 Å². The predicted molar refractivity (Wildman–Crippen MR) is 110 cm³/mol. The minimum absolute atomic E-state index is 0.0976. The molecule has 0 saturated carbocycles. The Hall–Kier alpha value is -2.35. The van der Waals surface area contributed by atoms with Crippen LogP contribution in [-0.2, 0) is 11.2 Å². The minimum Gasteiger partial charge on any atom is -0.358 e. The third-order valence-corrected chi connectivity index (χ3v) is 5.95. The van der Waals surface area contributed by atoms with E-state index in [0.717, 1.165) is 47.9 Å². The van der Waals surface area contributed by atoms with E-state index in [0.29, 0.717) is 22.9 Å². The molecule has 0 N–H and O–H groups in total. The highest BCUT2D eigenvalue weighted by Crippen LogP contribution is 2.33. The number of nitrogens with zero attached hydrogens (tertiary/aromatic N) is 5. The van der Waals surface area contributed by atoms with E-state index >= 15 is 0 Å². The molecular formula is C20H18ClN5OS. The van der Waals surface area contributed by atoms with Crippen LogP contribution in [0.2, 0.25) is 5.15 Å². The molecule has 0 aromatic carbocycles. The standard InChI is InChI=1S/C20H18ClN5OS/c21-18-17-20(25-19(24-18)14-7-5-11-28-14)26(16-8-2-4-10-27-16)15(23-17)12-13-6-1-3-9-22-13/h1,3,5-7,9,11,16H,2,4,8,10,12H2. The molecule has 5 rings (SSSR count). The molecule has 0 aliphatic carbocycles. The number of hydrogen-bond acceptors (Lipinski definition) is 6. The average Bonchev–Trinajstić information content (AvgIpc) is 3.38. The Bertz CT molecular complexity index is 1090. The largest absolute Gasteiger partial charge is 0.358 e. The summed E-state index contributed by atoms with van der Waals surface area (Å²) in [5, 5.41) is 2.37. The normalized spacial score (nSPS) is 17.2. The van der Waals surface area contributed by atoms with Crippen LogP contribution in [-0.4, -0.2) is 31.1 Å². The first-order chi connectivity index (χ1) is 13.8. The summed E-state index contributed by atoms with van der Waals surface area (Å²) in [6, 6.07) is 9.86. The molecule has 28 heavy (non-hydrogen) atoms. The van der Waals surface area contributed by atoms with E-state index in [1.165, 1.54) is 0 Å². The SMILES string of the molecule is Clc1nc(-c2cccs2)nc2c1nc(Cc1ccccn1)n2C1CCCCO1. The van der Waals surface area contributed by atoms with E-state index in [1.807, 2.05) is 35.7 Å². The zero-order valence-corrected chi connectivity index (χ0v) is 16.7. The molecule has 142 valence electrons. The van der Waals surface area contributed by atoms with E-state index in [9.17, 15) is 0 Å². The zero-order valence-electron chi connectivity index (χ0n) is 15.1. The number of pyridine rings is 1. The fourth-order valence-corrected chi connectivity index (χ4v) is 4.39. The Labute approximate surface area is 171 Å². The second-order valence-electron chi connectivity index (χ2n) is 6.70. The lowest BCUT2D eigenvalue weighted by Crippen LogP contribution is -2.20. The lowest BCUT2D eigenvalue weighted by molar-refractivity contribution is -0.0311. The monoisotopic (exact) mass is 411 g/mol. The maximum atomic E-state index is 6.53. The van der Waals surface area contributed by atoms with Crippen LogP contribution < -0.4 is 0 Å². The summed E-state index contributed by atoms with van der Waals surface area (Å²) < 4.78 is 8.17. The first-order valence-electron chi connectivity index (χ1n) is 9.29. The van der Waals surface area contributed by atoms with E-state index in [4.69, 9.17) is 26.3 Å². The number of hydrogen-bond donors (Lipinski definition) is 0. The number of fused-ring (bicyclic) bond motifs is 1. The van der Waals surface area contributed by atoms with Crippen LogP contribution in [0.4, 0.5) is 0 Å². The van der Waals surface area contributed by atoms with Crippen LogP contribution in [0, 0.1) is 0 Å². The molecule has 1 aliphatic heterocycles. The molecule has 6 nitrogen and oxygen atoms in total. The highest BCUT2D eigenvalue weighted by atomic mass is 35.5. The Balaban J connectivity index is 1.68. The molecule has 0 radical (unpaired) electrons. The molecule has 5 heterocycles. The lowest BCUT2D eigenvalue weighted by Gasteiger charge is -2.25. The Morgan fingerprint density at radius 1 is 1.14 bits per heavy atom. The van der Waals surface area contributed by atoms with Gasteiger partial charge in [-0.05, 0) is 42.8 Å². The first kappa shape index (κ1) is 17.7. The molecule has 4 aromatic heterocycles. The zero-order chi connectivity index (χ0) is 18.9. The smallest absolute Gasteiger partial charge is 0.173 e. The van der Waals surface area contributed by atoms with Crippen LogP contribution in [0.3, 0.4) is 0 Å². The Kier molecular flexibility index (Phi) is 4.80. The van der Waals surface area contributed by atoms with E-state index in [-0.39, 0.29) is 6.23 Å². The molecule has 1 atom stereocenters. The van der Waals surface area contributed by atoms with Crippen LogP contribution in [0.5, 0.6) is 0 Å². The minimum atomic E-state index is -0.0976. The van der Waals surface area contributed by atoms with Crippen molar-refractivity contribution in [2.45, 2.75) is 31.9 Å².